The van der Waals surface area contributed by atoms with Crippen molar-refractivity contribution in [2.24, 2.45) is 0 Å². The van der Waals surface area contributed by atoms with Crippen LogP contribution in [0, 0.1) is 0 Å². The van der Waals surface area contributed by atoms with Crippen molar-refractivity contribution in [3.63, 3.8) is 0 Å². The summed E-state index contributed by atoms with van der Waals surface area (Å²) in [6.45, 7) is 1.88. The lowest BCUT2D eigenvalue weighted by molar-refractivity contribution is -0.275. The summed E-state index contributed by atoms with van der Waals surface area (Å²) in [7, 11) is -4.27. The number of hydrogen-bond donors (Lipinski definition) is 4. The maximum Gasteiger partial charge on any atom is 0.574 e. The quantitative estimate of drug-likeness (QED) is 0.155. The minimum atomic E-state index is -5.11. The number of benzene rings is 2. The molecular formula is C29H28ClF3N6O5S. The number of sulfonamides is 1. The zero-order valence-electron chi connectivity index (χ0n) is 23.7. The average Bonchev–Trinajstić information content (AvgIpc) is 2.96. The number of rotatable bonds is 9. The molecule has 1 aliphatic rings. The van der Waals surface area contributed by atoms with Gasteiger partial charge in [0.2, 0.25) is 11.8 Å². The van der Waals surface area contributed by atoms with E-state index in [1.807, 2.05) is 6.92 Å². The van der Waals surface area contributed by atoms with Crippen molar-refractivity contribution in [2.75, 3.05) is 10.0 Å². The maximum absolute atomic E-state index is 13.5. The number of halogens is 4. The highest BCUT2D eigenvalue weighted by Crippen LogP contribution is 2.37. The van der Waals surface area contributed by atoms with Gasteiger partial charge in [0.25, 0.3) is 10.0 Å². The molecule has 2 aromatic heterocycles. The van der Waals surface area contributed by atoms with E-state index in [2.05, 4.69) is 35.0 Å². The summed E-state index contributed by atoms with van der Waals surface area (Å²) in [5, 5.41) is 15.2. The summed E-state index contributed by atoms with van der Waals surface area (Å²) in [6.07, 6.45) is -1.29. The molecule has 0 radical (unpaired) electrons. The van der Waals surface area contributed by atoms with Crippen LogP contribution in [0.25, 0.3) is 22.0 Å². The minimum absolute atomic E-state index is 0.0291. The van der Waals surface area contributed by atoms with Gasteiger partial charge < -0.3 is 20.5 Å². The Labute approximate surface area is 261 Å². The lowest BCUT2D eigenvalue weighted by atomic mass is 9.91. The van der Waals surface area contributed by atoms with E-state index in [-0.39, 0.29) is 27.6 Å². The second-order valence-electron chi connectivity index (χ2n) is 10.4. The lowest BCUT2D eigenvalue weighted by Gasteiger charge is -2.28. The number of alkyl halides is 3. The Morgan fingerprint density at radius 3 is 2.44 bits per heavy atom. The van der Waals surface area contributed by atoms with Gasteiger partial charge in [-0.1, -0.05) is 30.7 Å². The third kappa shape index (κ3) is 7.84. The van der Waals surface area contributed by atoms with E-state index in [0.29, 0.717) is 41.7 Å². The Morgan fingerprint density at radius 1 is 1.07 bits per heavy atom. The zero-order chi connectivity index (χ0) is 32.4. The fourth-order valence-corrected chi connectivity index (χ4v) is 6.73. The Balaban J connectivity index is 1.44. The molecule has 1 saturated carbocycles. The molecule has 0 saturated heterocycles. The molecular weight excluding hydrogens is 637 g/mol. The second-order valence-corrected chi connectivity index (χ2v) is 12.5. The van der Waals surface area contributed by atoms with Gasteiger partial charge in [0.15, 0.2) is 0 Å². The number of nitrogens with one attached hydrogen (secondary N) is 3. The van der Waals surface area contributed by atoms with Gasteiger partial charge in [-0.3, -0.25) is 4.72 Å². The molecule has 0 atom stereocenters. The molecule has 2 heterocycles. The number of nitrogens with zero attached hydrogens (tertiary/aromatic N) is 3. The Morgan fingerprint density at radius 2 is 1.78 bits per heavy atom. The van der Waals surface area contributed by atoms with Crippen molar-refractivity contribution in [3.05, 3.63) is 65.3 Å². The summed E-state index contributed by atoms with van der Waals surface area (Å²) >= 11 is 6.01. The lowest BCUT2D eigenvalue weighted by Crippen LogP contribution is -2.39. The van der Waals surface area contributed by atoms with Crippen molar-refractivity contribution >= 4 is 50.4 Å². The van der Waals surface area contributed by atoms with Crippen LogP contribution in [0.15, 0.2) is 59.6 Å². The highest BCUT2D eigenvalue weighted by molar-refractivity contribution is 7.92. The number of ether oxygens (including phenoxy) is 1. The second kappa shape index (κ2) is 12.9. The number of carboxylic acid groups (broad SMARTS) is 1. The Hall–Kier alpha value is -4.37. The molecule has 2 aromatic carbocycles. The molecule has 0 aliphatic heterocycles. The van der Waals surface area contributed by atoms with Gasteiger partial charge in [-0.2, -0.15) is 4.98 Å². The third-order valence-corrected chi connectivity index (χ3v) is 9.13. The van der Waals surface area contributed by atoms with E-state index < -0.39 is 34.2 Å². The van der Waals surface area contributed by atoms with Crippen molar-refractivity contribution < 1.29 is 36.2 Å². The summed E-state index contributed by atoms with van der Waals surface area (Å²) in [4.78, 5) is 23.6. The number of fused-ring (bicyclic) bond motifs is 1. The van der Waals surface area contributed by atoms with Crippen LogP contribution >= 0.6 is 11.6 Å². The van der Waals surface area contributed by atoms with Crippen molar-refractivity contribution in [1.82, 2.24) is 20.3 Å². The van der Waals surface area contributed by atoms with Crippen LogP contribution in [0.2, 0.25) is 5.02 Å². The number of hydrogen-bond acceptors (Lipinski definition) is 8. The van der Waals surface area contributed by atoms with E-state index in [0.717, 1.165) is 18.4 Å². The standard InChI is InChI=1S/C29H28ClF3N6O5S/c1-2-16-13-17(14-18-15-34-27(38-25(16)18)35-19-7-9-20(10-8-19)36-28(40)41)21-11-12-24(37-26(21)44-29(31,32)33)39-45(42,43)23-6-4-3-5-22(23)30/h3-6,11-15,19-20,36H,2,7-10H2,1H3,(H,37,39)(H,40,41)(H,34,35,38)/t19-,20-. The summed E-state index contributed by atoms with van der Waals surface area (Å²) in [6, 6.07) is 11.4. The van der Waals surface area contributed by atoms with E-state index in [4.69, 9.17) is 16.7 Å². The van der Waals surface area contributed by atoms with Crippen LogP contribution in [-0.2, 0) is 16.4 Å². The van der Waals surface area contributed by atoms with Gasteiger partial charge in [0.05, 0.1) is 10.5 Å². The fourth-order valence-electron chi connectivity index (χ4n) is 5.21. The van der Waals surface area contributed by atoms with Crippen LogP contribution < -0.4 is 20.1 Å². The molecule has 5 rings (SSSR count). The van der Waals surface area contributed by atoms with Crippen molar-refractivity contribution in [1.29, 1.82) is 0 Å². The first-order chi connectivity index (χ1) is 21.3. The molecule has 1 aliphatic carbocycles. The maximum atomic E-state index is 13.5. The van der Waals surface area contributed by atoms with Crippen molar-refractivity contribution in [3.8, 4) is 17.0 Å². The number of amides is 1. The van der Waals surface area contributed by atoms with Crippen LogP contribution in [0.4, 0.5) is 29.7 Å². The predicted molar refractivity (Wildman–Crippen MR) is 162 cm³/mol. The average molecular weight is 665 g/mol. The number of aryl methyl sites for hydroxylation is 1. The molecule has 16 heteroatoms. The van der Waals surface area contributed by atoms with E-state index in [1.54, 1.807) is 18.3 Å². The molecule has 238 valence electrons. The molecule has 1 fully saturated rings. The number of aromatic nitrogens is 3. The fraction of sp³-hybridized carbons (Fsp3) is 0.310. The molecule has 0 spiro atoms. The number of anilines is 2. The van der Waals surface area contributed by atoms with Gasteiger partial charge in [-0.15, -0.1) is 13.2 Å². The van der Waals surface area contributed by atoms with E-state index in [1.165, 1.54) is 36.4 Å². The third-order valence-electron chi connectivity index (χ3n) is 7.28. The molecule has 0 unspecified atom stereocenters. The zero-order valence-corrected chi connectivity index (χ0v) is 25.3. The van der Waals surface area contributed by atoms with Crippen LogP contribution in [0.3, 0.4) is 0 Å². The Kier molecular flexibility index (Phi) is 9.20. The van der Waals surface area contributed by atoms with Gasteiger partial charge in [0, 0.05) is 29.2 Å². The topological polar surface area (TPSA) is 155 Å². The van der Waals surface area contributed by atoms with Gasteiger partial charge >= 0.3 is 12.5 Å². The van der Waals surface area contributed by atoms with Gasteiger partial charge in [-0.05, 0) is 79.6 Å². The number of carbonyl (C=O) groups is 1. The summed E-state index contributed by atoms with van der Waals surface area (Å²) < 4.78 is 72.5. The van der Waals surface area contributed by atoms with E-state index in [9.17, 15) is 26.4 Å². The SMILES string of the molecule is CCc1cc(-c2ccc(NS(=O)(=O)c3ccccc3Cl)nc2OC(F)(F)F)cc2cnc(N[C@H]3CC[C@H](NC(=O)O)CC3)nc12. The molecule has 1 amide bonds. The van der Waals surface area contributed by atoms with Crippen LogP contribution in [-0.4, -0.2) is 53.0 Å². The highest BCUT2D eigenvalue weighted by Gasteiger charge is 2.34. The Bertz CT molecular complexity index is 1840. The van der Waals surface area contributed by atoms with Gasteiger partial charge in [-0.25, -0.2) is 23.2 Å². The van der Waals surface area contributed by atoms with Gasteiger partial charge in [0.1, 0.15) is 10.7 Å². The monoisotopic (exact) mass is 664 g/mol. The molecule has 45 heavy (non-hydrogen) atoms. The molecule has 4 aromatic rings. The first kappa shape index (κ1) is 32.0. The van der Waals surface area contributed by atoms with Crippen LogP contribution in [0.5, 0.6) is 5.88 Å². The predicted octanol–water partition coefficient (Wildman–Crippen LogP) is 6.60. The van der Waals surface area contributed by atoms with Crippen LogP contribution in [0.1, 0.15) is 38.2 Å². The molecule has 0 bridgehead atoms. The normalized spacial score (nSPS) is 17.1. The first-order valence-corrected chi connectivity index (χ1v) is 15.8. The summed E-state index contributed by atoms with van der Waals surface area (Å²) in [5.41, 5.74) is 1.64. The minimum Gasteiger partial charge on any atom is -0.465 e. The largest absolute Gasteiger partial charge is 0.574 e. The molecule has 11 nitrogen and oxygen atoms in total. The molecule has 4 N–H and O–H groups in total. The smallest absolute Gasteiger partial charge is 0.465 e. The number of pyridine rings is 1. The summed E-state index contributed by atoms with van der Waals surface area (Å²) in [5.74, 6) is -0.866. The highest BCUT2D eigenvalue weighted by atomic mass is 35.5. The van der Waals surface area contributed by atoms with Crippen molar-refractivity contribution in [2.45, 2.75) is 62.4 Å². The van der Waals surface area contributed by atoms with E-state index >= 15 is 0 Å². The first-order valence-electron chi connectivity index (χ1n) is 13.9.